The van der Waals surface area contributed by atoms with Crippen LogP contribution in [0.2, 0.25) is 0 Å². The minimum absolute atomic E-state index is 0.322. The van der Waals surface area contributed by atoms with Crippen molar-refractivity contribution in [1.82, 2.24) is 4.98 Å². The van der Waals surface area contributed by atoms with Crippen LogP contribution in [0.4, 0.5) is 5.69 Å². The molecule has 1 aromatic heterocycles. The molecule has 0 spiro atoms. The van der Waals surface area contributed by atoms with Crippen LogP contribution in [0.15, 0.2) is 65.1 Å². The van der Waals surface area contributed by atoms with E-state index in [-0.39, 0.29) is 5.91 Å². The summed E-state index contributed by atoms with van der Waals surface area (Å²) < 4.78 is 16.6. The normalized spacial score (nSPS) is 10.7. The molecule has 0 atom stereocenters. The Balaban J connectivity index is 1.71. The molecule has 0 fully saturated rings. The van der Waals surface area contributed by atoms with E-state index in [1.165, 1.54) is 14.2 Å². The molecule has 0 aliphatic rings. The second-order valence-electron chi connectivity index (χ2n) is 6.46. The van der Waals surface area contributed by atoms with Crippen molar-refractivity contribution in [2.45, 2.75) is 6.92 Å². The zero-order valence-corrected chi connectivity index (χ0v) is 16.4. The number of carbonyl (C=O) groups excluding carboxylic acids is 1. The number of para-hydroxylation sites is 2. The number of fused-ring (bicyclic) bond motifs is 1. The Kier molecular flexibility index (Phi) is 4.91. The Labute approximate surface area is 168 Å². The number of rotatable bonds is 5. The molecule has 4 aromatic rings. The van der Waals surface area contributed by atoms with Gasteiger partial charge in [0.05, 0.1) is 14.2 Å². The van der Waals surface area contributed by atoms with E-state index < -0.39 is 0 Å². The Hall–Kier alpha value is -3.80. The number of nitrogens with one attached hydrogen (secondary N) is 1. The van der Waals surface area contributed by atoms with Gasteiger partial charge in [0.2, 0.25) is 5.89 Å². The molecule has 0 aliphatic heterocycles. The quantitative estimate of drug-likeness (QED) is 0.516. The minimum atomic E-state index is -0.322. The summed E-state index contributed by atoms with van der Waals surface area (Å²) in [6.45, 7) is 1.92. The van der Waals surface area contributed by atoms with Crippen molar-refractivity contribution in [3.8, 4) is 23.0 Å². The van der Waals surface area contributed by atoms with Gasteiger partial charge in [-0.1, -0.05) is 24.3 Å². The lowest BCUT2D eigenvalue weighted by atomic mass is 10.1. The van der Waals surface area contributed by atoms with E-state index >= 15 is 0 Å². The summed E-state index contributed by atoms with van der Waals surface area (Å²) >= 11 is 0. The largest absolute Gasteiger partial charge is 0.496 e. The summed E-state index contributed by atoms with van der Waals surface area (Å²) in [6, 6.07) is 18.4. The Morgan fingerprint density at radius 3 is 2.31 bits per heavy atom. The van der Waals surface area contributed by atoms with E-state index in [1.54, 1.807) is 18.2 Å². The van der Waals surface area contributed by atoms with Crippen molar-refractivity contribution in [2.75, 3.05) is 19.5 Å². The Morgan fingerprint density at radius 2 is 1.62 bits per heavy atom. The number of hydrogen-bond acceptors (Lipinski definition) is 5. The lowest BCUT2D eigenvalue weighted by Gasteiger charge is -2.15. The molecule has 1 heterocycles. The molecule has 0 unspecified atom stereocenters. The monoisotopic (exact) mass is 388 g/mol. The van der Waals surface area contributed by atoms with Gasteiger partial charge in [-0.25, -0.2) is 4.98 Å². The zero-order chi connectivity index (χ0) is 20.4. The third kappa shape index (κ3) is 3.40. The molecule has 1 N–H and O–H groups in total. The molecule has 0 radical (unpaired) electrons. The van der Waals surface area contributed by atoms with Gasteiger partial charge in [-0.2, -0.15) is 0 Å². The number of ether oxygens (including phenoxy) is 2. The number of carbonyl (C=O) groups is 1. The van der Waals surface area contributed by atoms with E-state index in [0.29, 0.717) is 28.6 Å². The summed E-state index contributed by atoms with van der Waals surface area (Å²) in [5.74, 6) is 1.07. The number of benzene rings is 3. The summed E-state index contributed by atoms with van der Waals surface area (Å²) in [5.41, 5.74) is 4.16. The number of methoxy groups -OCH3 is 2. The van der Waals surface area contributed by atoms with Gasteiger partial charge >= 0.3 is 0 Å². The van der Waals surface area contributed by atoms with Gasteiger partial charge in [-0.3, -0.25) is 4.79 Å². The number of oxazole rings is 1. The third-order valence-electron chi connectivity index (χ3n) is 4.76. The predicted octanol–water partition coefficient (Wildman–Crippen LogP) is 5.07. The first-order valence-electron chi connectivity index (χ1n) is 9.10. The molecule has 1 amide bonds. The molecule has 0 aliphatic carbocycles. The molecule has 0 saturated carbocycles. The van der Waals surface area contributed by atoms with Gasteiger partial charge in [0.25, 0.3) is 5.91 Å². The fourth-order valence-electron chi connectivity index (χ4n) is 3.25. The highest BCUT2D eigenvalue weighted by molar-refractivity contribution is 6.08. The van der Waals surface area contributed by atoms with Crippen LogP contribution in [0, 0.1) is 6.92 Å². The van der Waals surface area contributed by atoms with Crippen LogP contribution in [0.3, 0.4) is 0 Å². The van der Waals surface area contributed by atoms with E-state index in [9.17, 15) is 4.79 Å². The van der Waals surface area contributed by atoms with Crippen molar-refractivity contribution < 1.29 is 18.7 Å². The Bertz CT molecular complexity index is 1140. The number of anilines is 1. The lowest BCUT2D eigenvalue weighted by Crippen LogP contribution is -2.15. The zero-order valence-electron chi connectivity index (χ0n) is 16.4. The maximum absolute atomic E-state index is 13.0. The van der Waals surface area contributed by atoms with Gasteiger partial charge < -0.3 is 19.2 Å². The first kappa shape index (κ1) is 18.6. The SMILES string of the molecule is COc1cccc(OC)c1C(=O)Nc1cccc(-c2nc3ccccc3o2)c1C. The maximum atomic E-state index is 13.0. The van der Waals surface area contributed by atoms with Gasteiger partial charge in [-0.15, -0.1) is 0 Å². The van der Waals surface area contributed by atoms with E-state index in [0.717, 1.165) is 22.2 Å². The fourth-order valence-corrected chi connectivity index (χ4v) is 3.25. The van der Waals surface area contributed by atoms with Crippen LogP contribution in [0.1, 0.15) is 15.9 Å². The average molecular weight is 388 g/mol. The summed E-state index contributed by atoms with van der Waals surface area (Å²) in [4.78, 5) is 17.6. The van der Waals surface area contributed by atoms with Crippen molar-refractivity contribution in [2.24, 2.45) is 0 Å². The van der Waals surface area contributed by atoms with Crippen LogP contribution in [0.5, 0.6) is 11.5 Å². The van der Waals surface area contributed by atoms with Gasteiger partial charge in [-0.05, 0) is 48.9 Å². The Morgan fingerprint density at radius 1 is 0.931 bits per heavy atom. The first-order chi connectivity index (χ1) is 14.1. The molecule has 3 aromatic carbocycles. The summed E-state index contributed by atoms with van der Waals surface area (Å²) in [7, 11) is 3.04. The predicted molar refractivity (Wildman–Crippen MR) is 112 cm³/mol. The van der Waals surface area contributed by atoms with Crippen molar-refractivity contribution >= 4 is 22.7 Å². The smallest absolute Gasteiger partial charge is 0.263 e. The fraction of sp³-hybridized carbons (Fsp3) is 0.130. The second kappa shape index (κ2) is 7.67. The van der Waals surface area contributed by atoms with E-state index in [2.05, 4.69) is 10.3 Å². The third-order valence-corrected chi connectivity index (χ3v) is 4.76. The van der Waals surface area contributed by atoms with Crippen LogP contribution < -0.4 is 14.8 Å². The second-order valence-corrected chi connectivity index (χ2v) is 6.46. The van der Waals surface area contributed by atoms with Crippen LogP contribution in [0.25, 0.3) is 22.6 Å². The van der Waals surface area contributed by atoms with Crippen LogP contribution >= 0.6 is 0 Å². The van der Waals surface area contributed by atoms with Crippen molar-refractivity contribution in [3.63, 3.8) is 0 Å². The highest BCUT2D eigenvalue weighted by atomic mass is 16.5. The van der Waals surface area contributed by atoms with Crippen molar-refractivity contribution in [3.05, 3.63) is 71.8 Å². The molecule has 6 nitrogen and oxygen atoms in total. The van der Waals surface area contributed by atoms with E-state index in [4.69, 9.17) is 13.9 Å². The average Bonchev–Trinajstić information content (AvgIpc) is 3.18. The van der Waals surface area contributed by atoms with Gasteiger partial charge in [0.15, 0.2) is 5.58 Å². The summed E-state index contributed by atoms with van der Waals surface area (Å²) in [5, 5.41) is 2.95. The molecule has 146 valence electrons. The summed E-state index contributed by atoms with van der Waals surface area (Å²) in [6.07, 6.45) is 0. The van der Waals surface area contributed by atoms with Crippen molar-refractivity contribution in [1.29, 1.82) is 0 Å². The molecular formula is C23H20N2O4. The standard InChI is InChI=1S/C23H20N2O4/c1-14-15(23-25-17-9-4-5-11-18(17)29-23)8-6-10-16(14)24-22(26)21-19(27-2)12-7-13-20(21)28-3/h4-13H,1-3H3,(H,24,26). The topological polar surface area (TPSA) is 73.6 Å². The molecule has 4 rings (SSSR count). The minimum Gasteiger partial charge on any atom is -0.496 e. The van der Waals surface area contributed by atoms with E-state index in [1.807, 2.05) is 49.4 Å². The number of aromatic nitrogens is 1. The van der Waals surface area contributed by atoms with Gasteiger partial charge in [0.1, 0.15) is 22.6 Å². The highest BCUT2D eigenvalue weighted by Crippen LogP contribution is 2.33. The molecule has 0 bridgehead atoms. The highest BCUT2D eigenvalue weighted by Gasteiger charge is 2.20. The van der Waals surface area contributed by atoms with Crippen LogP contribution in [-0.2, 0) is 0 Å². The number of hydrogen-bond donors (Lipinski definition) is 1. The molecule has 29 heavy (non-hydrogen) atoms. The number of nitrogens with zero attached hydrogens (tertiary/aromatic N) is 1. The maximum Gasteiger partial charge on any atom is 0.263 e. The number of amides is 1. The lowest BCUT2D eigenvalue weighted by molar-refractivity contribution is 0.102. The molecule has 0 saturated heterocycles. The molecule has 6 heteroatoms. The van der Waals surface area contributed by atoms with Gasteiger partial charge in [0, 0.05) is 11.3 Å². The molecular weight excluding hydrogens is 368 g/mol. The first-order valence-corrected chi connectivity index (χ1v) is 9.10. The van der Waals surface area contributed by atoms with Crippen LogP contribution in [-0.4, -0.2) is 25.1 Å².